The molecule has 1 fully saturated rings. The second-order valence-electron chi connectivity index (χ2n) is 6.29. The first kappa shape index (κ1) is 15.1. The van der Waals surface area contributed by atoms with Crippen molar-refractivity contribution in [1.29, 1.82) is 0 Å². The number of piperidine rings is 1. The number of nitrogens with zero attached hydrogens (tertiary/aromatic N) is 4. The third-order valence-corrected chi connectivity index (χ3v) is 4.42. The molecule has 1 aliphatic heterocycles. The first-order valence-corrected chi connectivity index (χ1v) is 8.31. The second-order valence-corrected chi connectivity index (χ2v) is 6.29. The number of aromatic nitrogens is 3. The fourth-order valence-electron chi connectivity index (χ4n) is 3.24. The van der Waals surface area contributed by atoms with Crippen LogP contribution in [-0.4, -0.2) is 33.3 Å². The molecule has 0 saturated carbocycles. The van der Waals surface area contributed by atoms with Crippen LogP contribution in [0.25, 0.3) is 11.3 Å². The summed E-state index contributed by atoms with van der Waals surface area (Å²) in [5.74, 6) is 2.66. The van der Waals surface area contributed by atoms with Crippen molar-refractivity contribution >= 4 is 0 Å². The number of rotatable bonds is 4. The van der Waals surface area contributed by atoms with Crippen molar-refractivity contribution in [2.45, 2.75) is 32.2 Å². The average Bonchev–Trinajstić information content (AvgIpc) is 3.25. The molecule has 1 saturated heterocycles. The highest BCUT2D eigenvalue weighted by atomic mass is 16.5. The van der Waals surface area contributed by atoms with Gasteiger partial charge in [-0.3, -0.25) is 4.90 Å². The Bertz CT molecular complexity index is 796. The largest absolute Gasteiger partial charge is 0.359 e. The van der Waals surface area contributed by atoms with Gasteiger partial charge in [-0.1, -0.05) is 40.6 Å². The molecule has 1 aromatic carbocycles. The molecular formula is C18H20N4O2. The van der Waals surface area contributed by atoms with Crippen molar-refractivity contribution in [2.75, 3.05) is 13.1 Å². The van der Waals surface area contributed by atoms with Crippen molar-refractivity contribution in [2.24, 2.45) is 0 Å². The lowest BCUT2D eigenvalue weighted by Gasteiger charge is -2.30. The summed E-state index contributed by atoms with van der Waals surface area (Å²) in [5, 5.41) is 8.27. The van der Waals surface area contributed by atoms with E-state index in [0.717, 1.165) is 55.3 Å². The summed E-state index contributed by atoms with van der Waals surface area (Å²) in [5.41, 5.74) is 1.96. The van der Waals surface area contributed by atoms with E-state index in [4.69, 9.17) is 9.05 Å². The van der Waals surface area contributed by atoms with Gasteiger partial charge in [0, 0.05) is 31.0 Å². The van der Waals surface area contributed by atoms with Crippen LogP contribution in [0.2, 0.25) is 0 Å². The minimum atomic E-state index is 0.327. The number of hydrogen-bond donors (Lipinski definition) is 0. The van der Waals surface area contributed by atoms with Crippen LogP contribution in [0, 0.1) is 6.92 Å². The van der Waals surface area contributed by atoms with E-state index in [-0.39, 0.29) is 0 Å². The van der Waals surface area contributed by atoms with Gasteiger partial charge in [0.05, 0.1) is 6.54 Å². The smallest absolute Gasteiger partial charge is 0.223 e. The topological polar surface area (TPSA) is 68.2 Å². The fourth-order valence-corrected chi connectivity index (χ4v) is 3.24. The van der Waals surface area contributed by atoms with Gasteiger partial charge >= 0.3 is 0 Å². The van der Waals surface area contributed by atoms with E-state index in [0.29, 0.717) is 11.8 Å². The van der Waals surface area contributed by atoms with Gasteiger partial charge < -0.3 is 9.05 Å². The normalized spacial score (nSPS) is 18.8. The molecule has 3 aromatic rings. The third kappa shape index (κ3) is 3.23. The molecular weight excluding hydrogens is 304 g/mol. The van der Waals surface area contributed by atoms with Crippen molar-refractivity contribution in [3.05, 3.63) is 53.9 Å². The maximum atomic E-state index is 5.53. The highest BCUT2D eigenvalue weighted by Crippen LogP contribution is 2.26. The molecule has 0 amide bonds. The highest BCUT2D eigenvalue weighted by molar-refractivity contribution is 5.58. The molecule has 0 N–H and O–H groups in total. The van der Waals surface area contributed by atoms with Crippen LogP contribution in [0.4, 0.5) is 0 Å². The molecule has 6 nitrogen and oxygen atoms in total. The van der Waals surface area contributed by atoms with E-state index in [2.05, 4.69) is 20.2 Å². The Morgan fingerprint density at radius 2 is 2.04 bits per heavy atom. The van der Waals surface area contributed by atoms with E-state index in [1.165, 1.54) is 0 Å². The lowest BCUT2D eigenvalue weighted by molar-refractivity contribution is 0.176. The van der Waals surface area contributed by atoms with Crippen LogP contribution in [0.15, 0.2) is 45.4 Å². The van der Waals surface area contributed by atoms with E-state index in [1.807, 2.05) is 43.3 Å². The van der Waals surface area contributed by atoms with Gasteiger partial charge in [-0.25, -0.2) is 0 Å². The summed E-state index contributed by atoms with van der Waals surface area (Å²) in [4.78, 5) is 6.75. The van der Waals surface area contributed by atoms with Gasteiger partial charge in [-0.15, -0.1) is 0 Å². The molecule has 0 bridgehead atoms. The Labute approximate surface area is 140 Å². The maximum absolute atomic E-state index is 5.53. The minimum Gasteiger partial charge on any atom is -0.359 e. The molecule has 2 aromatic heterocycles. The monoisotopic (exact) mass is 324 g/mol. The zero-order valence-electron chi connectivity index (χ0n) is 13.7. The van der Waals surface area contributed by atoms with E-state index >= 15 is 0 Å². The van der Waals surface area contributed by atoms with Crippen molar-refractivity contribution in [3.8, 4) is 11.3 Å². The first-order valence-electron chi connectivity index (χ1n) is 8.31. The van der Waals surface area contributed by atoms with Crippen molar-refractivity contribution in [3.63, 3.8) is 0 Å². The van der Waals surface area contributed by atoms with Gasteiger partial charge in [-0.05, 0) is 19.4 Å². The quantitative estimate of drug-likeness (QED) is 0.732. The van der Waals surface area contributed by atoms with Gasteiger partial charge in [0.2, 0.25) is 5.89 Å². The summed E-state index contributed by atoms with van der Waals surface area (Å²) in [6.07, 6.45) is 2.22. The molecule has 6 heteroatoms. The predicted octanol–water partition coefficient (Wildman–Crippen LogP) is 3.41. The summed E-state index contributed by atoms with van der Waals surface area (Å²) in [7, 11) is 0. The van der Waals surface area contributed by atoms with E-state index < -0.39 is 0 Å². The van der Waals surface area contributed by atoms with Crippen LogP contribution < -0.4 is 0 Å². The molecule has 1 atom stereocenters. The Hall–Kier alpha value is -2.47. The number of benzene rings is 1. The van der Waals surface area contributed by atoms with Crippen LogP contribution in [-0.2, 0) is 6.54 Å². The Morgan fingerprint density at radius 3 is 2.83 bits per heavy atom. The summed E-state index contributed by atoms with van der Waals surface area (Å²) in [6.45, 7) is 4.55. The molecule has 124 valence electrons. The Balaban J connectivity index is 1.43. The van der Waals surface area contributed by atoms with Crippen molar-refractivity contribution < 1.29 is 9.05 Å². The summed E-state index contributed by atoms with van der Waals surface area (Å²) in [6, 6.07) is 12.1. The van der Waals surface area contributed by atoms with Gasteiger partial charge in [-0.2, -0.15) is 4.98 Å². The lowest BCUT2D eigenvalue weighted by Crippen LogP contribution is -2.34. The standard InChI is InChI=1S/C18H20N4O2/c1-13-19-18(21-23-13)15-8-5-9-22(11-15)12-16-10-17(20-24-16)14-6-3-2-4-7-14/h2-4,6-7,10,15H,5,8-9,11-12H2,1H3. The number of aryl methyl sites for hydroxylation is 1. The molecule has 1 aliphatic rings. The average molecular weight is 324 g/mol. The highest BCUT2D eigenvalue weighted by Gasteiger charge is 2.25. The third-order valence-electron chi connectivity index (χ3n) is 4.42. The Kier molecular flexibility index (Phi) is 4.13. The zero-order valence-corrected chi connectivity index (χ0v) is 13.7. The van der Waals surface area contributed by atoms with Crippen LogP contribution in [0.5, 0.6) is 0 Å². The van der Waals surface area contributed by atoms with Crippen LogP contribution >= 0.6 is 0 Å². The van der Waals surface area contributed by atoms with E-state index in [9.17, 15) is 0 Å². The molecule has 4 rings (SSSR count). The summed E-state index contributed by atoms with van der Waals surface area (Å²) >= 11 is 0. The minimum absolute atomic E-state index is 0.327. The van der Waals surface area contributed by atoms with Gasteiger partial charge in [0.1, 0.15) is 5.69 Å². The molecule has 24 heavy (non-hydrogen) atoms. The SMILES string of the molecule is Cc1nc(C2CCCN(Cc3cc(-c4ccccc4)no3)C2)no1. The molecule has 1 unspecified atom stereocenters. The van der Waals surface area contributed by atoms with E-state index in [1.54, 1.807) is 0 Å². The van der Waals surface area contributed by atoms with Crippen LogP contribution in [0.1, 0.15) is 36.2 Å². The summed E-state index contributed by atoms with van der Waals surface area (Å²) < 4.78 is 10.6. The molecule has 0 radical (unpaired) electrons. The Morgan fingerprint density at radius 1 is 1.17 bits per heavy atom. The van der Waals surface area contributed by atoms with Gasteiger partial charge in [0.25, 0.3) is 0 Å². The lowest BCUT2D eigenvalue weighted by atomic mass is 9.97. The van der Waals surface area contributed by atoms with Crippen molar-refractivity contribution in [1.82, 2.24) is 20.2 Å². The predicted molar refractivity (Wildman–Crippen MR) is 88.2 cm³/mol. The first-order chi connectivity index (χ1) is 11.8. The molecule has 0 spiro atoms. The molecule has 3 heterocycles. The maximum Gasteiger partial charge on any atom is 0.223 e. The van der Waals surface area contributed by atoms with Gasteiger partial charge in [0.15, 0.2) is 11.6 Å². The fraction of sp³-hybridized carbons (Fsp3) is 0.389. The molecule has 0 aliphatic carbocycles. The second kappa shape index (κ2) is 6.57. The van der Waals surface area contributed by atoms with Crippen LogP contribution in [0.3, 0.4) is 0 Å². The zero-order chi connectivity index (χ0) is 16.4. The number of likely N-dealkylation sites (tertiary alicyclic amines) is 1. The number of hydrogen-bond acceptors (Lipinski definition) is 6.